The van der Waals surface area contributed by atoms with Crippen LogP contribution in [0.3, 0.4) is 0 Å². The average Bonchev–Trinajstić information content (AvgIpc) is 2.75. The van der Waals surface area contributed by atoms with Gasteiger partial charge in [-0.05, 0) is 42.7 Å². The van der Waals surface area contributed by atoms with Crippen LogP contribution in [-0.4, -0.2) is 11.4 Å². The summed E-state index contributed by atoms with van der Waals surface area (Å²) < 4.78 is 0. The van der Waals surface area contributed by atoms with Gasteiger partial charge in [0.2, 0.25) is 5.91 Å². The average molecular weight is 251 g/mol. The molecule has 1 saturated heterocycles. The molecule has 0 aromatic carbocycles. The van der Waals surface area contributed by atoms with Gasteiger partial charge in [-0.1, -0.05) is 13.8 Å². The molecule has 0 saturated carbocycles. The minimum Gasteiger partial charge on any atom is -0.350 e. The third kappa shape index (κ3) is 2.89. The van der Waals surface area contributed by atoms with Crippen LogP contribution in [0.25, 0.3) is 0 Å². The van der Waals surface area contributed by atoms with Crippen molar-refractivity contribution in [2.75, 3.05) is 0 Å². The molecular weight excluding hydrogens is 230 g/mol. The van der Waals surface area contributed by atoms with Crippen LogP contribution in [0.1, 0.15) is 43.6 Å². The molecule has 1 fully saturated rings. The van der Waals surface area contributed by atoms with E-state index in [2.05, 4.69) is 37.5 Å². The molecule has 94 valence electrons. The van der Waals surface area contributed by atoms with Crippen LogP contribution in [0.2, 0.25) is 0 Å². The predicted molar refractivity (Wildman–Crippen MR) is 72.3 cm³/mol. The highest BCUT2D eigenvalue weighted by atomic mass is 32.1. The van der Waals surface area contributed by atoms with Crippen molar-refractivity contribution in [1.29, 1.82) is 0 Å². The van der Waals surface area contributed by atoms with E-state index in [-0.39, 0.29) is 11.4 Å². The normalized spacial score (nSPS) is 24.4. The number of hydrogen-bond acceptors (Lipinski definition) is 2. The zero-order valence-corrected chi connectivity index (χ0v) is 11.7. The number of nitrogens with one attached hydrogen (secondary N) is 1. The van der Waals surface area contributed by atoms with Crippen LogP contribution in [0.15, 0.2) is 11.4 Å². The lowest BCUT2D eigenvalue weighted by atomic mass is 9.83. The Morgan fingerprint density at radius 2 is 2.29 bits per heavy atom. The van der Waals surface area contributed by atoms with Gasteiger partial charge in [-0.3, -0.25) is 4.79 Å². The molecule has 2 nitrogen and oxygen atoms in total. The van der Waals surface area contributed by atoms with Crippen molar-refractivity contribution < 1.29 is 4.79 Å². The van der Waals surface area contributed by atoms with Gasteiger partial charge >= 0.3 is 0 Å². The number of carbonyl (C=O) groups is 1. The Morgan fingerprint density at radius 1 is 1.53 bits per heavy atom. The van der Waals surface area contributed by atoms with Crippen molar-refractivity contribution in [3.05, 3.63) is 21.9 Å². The molecule has 0 aliphatic carbocycles. The number of carbonyl (C=O) groups excluding carboxylic acids is 1. The maximum Gasteiger partial charge on any atom is 0.220 e. The number of rotatable bonds is 4. The smallest absolute Gasteiger partial charge is 0.220 e. The van der Waals surface area contributed by atoms with Crippen molar-refractivity contribution in [3.63, 3.8) is 0 Å². The lowest BCUT2D eigenvalue weighted by Crippen LogP contribution is -2.44. The summed E-state index contributed by atoms with van der Waals surface area (Å²) in [5.74, 6) is 0.841. The Labute approximate surface area is 107 Å². The van der Waals surface area contributed by atoms with Crippen LogP contribution < -0.4 is 5.32 Å². The first-order chi connectivity index (χ1) is 8.01. The number of thiophene rings is 1. The maximum atomic E-state index is 11.5. The minimum absolute atomic E-state index is 0.0147. The molecule has 1 aromatic rings. The van der Waals surface area contributed by atoms with Gasteiger partial charge in [0, 0.05) is 23.3 Å². The lowest BCUT2D eigenvalue weighted by Gasteiger charge is -2.31. The summed E-state index contributed by atoms with van der Waals surface area (Å²) in [6.45, 7) is 6.62. The third-order valence-electron chi connectivity index (χ3n) is 3.50. The molecule has 1 unspecified atom stereocenters. The summed E-state index contributed by atoms with van der Waals surface area (Å²) in [4.78, 5) is 13.0. The van der Waals surface area contributed by atoms with Crippen LogP contribution in [-0.2, 0) is 11.2 Å². The van der Waals surface area contributed by atoms with Crippen molar-refractivity contribution in [2.45, 2.75) is 52.0 Å². The molecule has 0 spiro atoms. The standard InChI is InChI=1S/C14H21NOS/c1-10(2)8-14(6-4-13(16)15-14)9-12-11(3)5-7-17-12/h5,7,10H,4,6,8-9H2,1-3H3,(H,15,16). The molecule has 1 amide bonds. The number of aryl methyl sites for hydroxylation is 1. The molecule has 1 aliphatic heterocycles. The molecule has 3 heteroatoms. The van der Waals surface area contributed by atoms with E-state index >= 15 is 0 Å². The molecule has 1 N–H and O–H groups in total. The highest BCUT2D eigenvalue weighted by molar-refractivity contribution is 7.10. The van der Waals surface area contributed by atoms with Gasteiger partial charge in [0.05, 0.1) is 0 Å². The van der Waals surface area contributed by atoms with Crippen LogP contribution in [0.5, 0.6) is 0 Å². The fraction of sp³-hybridized carbons (Fsp3) is 0.643. The second-order valence-electron chi connectivity index (χ2n) is 5.63. The van der Waals surface area contributed by atoms with Crippen molar-refractivity contribution in [3.8, 4) is 0 Å². The van der Waals surface area contributed by atoms with Gasteiger partial charge < -0.3 is 5.32 Å². The van der Waals surface area contributed by atoms with E-state index in [0.717, 1.165) is 19.3 Å². The highest BCUT2D eigenvalue weighted by Gasteiger charge is 2.38. The van der Waals surface area contributed by atoms with Crippen molar-refractivity contribution in [2.24, 2.45) is 5.92 Å². The quantitative estimate of drug-likeness (QED) is 0.874. The monoisotopic (exact) mass is 251 g/mol. The molecule has 0 bridgehead atoms. The van der Waals surface area contributed by atoms with E-state index in [1.807, 2.05) is 11.3 Å². The van der Waals surface area contributed by atoms with E-state index in [0.29, 0.717) is 12.3 Å². The SMILES string of the molecule is Cc1ccsc1CC1(CC(C)C)CCC(=O)N1. The first-order valence-corrected chi connectivity index (χ1v) is 7.23. The molecule has 0 radical (unpaired) electrons. The van der Waals surface area contributed by atoms with E-state index in [1.54, 1.807) is 0 Å². The first kappa shape index (κ1) is 12.6. The largest absolute Gasteiger partial charge is 0.350 e. The Balaban J connectivity index is 2.17. The molecule has 2 rings (SSSR count). The van der Waals surface area contributed by atoms with Gasteiger partial charge in [-0.2, -0.15) is 0 Å². The number of hydrogen-bond donors (Lipinski definition) is 1. The fourth-order valence-corrected chi connectivity index (χ4v) is 3.86. The molecular formula is C14H21NOS. The van der Waals surface area contributed by atoms with Crippen molar-refractivity contribution in [1.82, 2.24) is 5.32 Å². The zero-order chi connectivity index (χ0) is 12.5. The maximum absolute atomic E-state index is 11.5. The summed E-state index contributed by atoms with van der Waals surface area (Å²) in [6, 6.07) is 2.17. The van der Waals surface area contributed by atoms with E-state index in [9.17, 15) is 4.79 Å². The Kier molecular flexibility index (Phi) is 3.57. The Morgan fingerprint density at radius 3 is 2.76 bits per heavy atom. The molecule has 1 atom stereocenters. The van der Waals surface area contributed by atoms with Crippen LogP contribution in [0.4, 0.5) is 0 Å². The molecule has 17 heavy (non-hydrogen) atoms. The van der Waals surface area contributed by atoms with Crippen LogP contribution >= 0.6 is 11.3 Å². The second kappa shape index (κ2) is 4.81. The van der Waals surface area contributed by atoms with Crippen molar-refractivity contribution >= 4 is 17.2 Å². The summed E-state index contributed by atoms with van der Waals surface area (Å²) in [5, 5.41) is 5.38. The van der Waals surface area contributed by atoms with Gasteiger partial charge in [0.25, 0.3) is 0 Å². The summed E-state index contributed by atoms with van der Waals surface area (Å²) in [7, 11) is 0. The van der Waals surface area contributed by atoms with E-state index in [4.69, 9.17) is 0 Å². The Hall–Kier alpha value is -0.830. The van der Waals surface area contributed by atoms with Gasteiger partial charge in [-0.25, -0.2) is 0 Å². The molecule has 1 aromatic heterocycles. The first-order valence-electron chi connectivity index (χ1n) is 6.35. The second-order valence-corrected chi connectivity index (χ2v) is 6.63. The molecule has 1 aliphatic rings. The highest BCUT2D eigenvalue weighted by Crippen LogP contribution is 2.33. The van der Waals surface area contributed by atoms with Gasteiger partial charge in [-0.15, -0.1) is 11.3 Å². The van der Waals surface area contributed by atoms with Gasteiger partial charge in [0.15, 0.2) is 0 Å². The fourth-order valence-electron chi connectivity index (χ4n) is 2.81. The summed E-state index contributed by atoms with van der Waals surface area (Å²) in [5.41, 5.74) is 1.38. The lowest BCUT2D eigenvalue weighted by molar-refractivity contribution is -0.119. The molecule has 2 heterocycles. The predicted octanol–water partition coefficient (Wildman–Crippen LogP) is 3.29. The third-order valence-corrected chi connectivity index (χ3v) is 4.52. The van der Waals surface area contributed by atoms with E-state index < -0.39 is 0 Å². The minimum atomic E-state index is 0.0147. The summed E-state index contributed by atoms with van der Waals surface area (Å²) in [6.07, 6.45) is 3.76. The Bertz CT molecular complexity index is 410. The zero-order valence-electron chi connectivity index (χ0n) is 10.9. The van der Waals surface area contributed by atoms with Crippen LogP contribution in [0, 0.1) is 12.8 Å². The van der Waals surface area contributed by atoms with Gasteiger partial charge in [0.1, 0.15) is 0 Å². The number of amides is 1. The summed E-state index contributed by atoms with van der Waals surface area (Å²) >= 11 is 1.81. The topological polar surface area (TPSA) is 29.1 Å². The van der Waals surface area contributed by atoms with E-state index in [1.165, 1.54) is 10.4 Å².